The number of hydrogen-bond donors (Lipinski definition) is 2. The Morgan fingerprint density at radius 1 is 1.30 bits per heavy atom. The van der Waals surface area contributed by atoms with Crippen LogP contribution in [0.15, 0.2) is 10.6 Å². The summed E-state index contributed by atoms with van der Waals surface area (Å²) in [6.45, 7) is 5.26. The lowest BCUT2D eigenvalue weighted by atomic mass is 10.4. The molecule has 2 rings (SSSR count). The van der Waals surface area contributed by atoms with Crippen LogP contribution < -0.4 is 11.1 Å². The molecule has 0 aliphatic heterocycles. The molecule has 3 N–H and O–H groups in total. The first kappa shape index (κ1) is 14.2. The molecule has 0 saturated carbocycles. The Morgan fingerprint density at radius 3 is 2.85 bits per heavy atom. The van der Waals surface area contributed by atoms with E-state index in [9.17, 15) is 0 Å². The highest BCUT2D eigenvalue weighted by atomic mass is 16.5. The SMILES string of the molecule is CCOCc1nc(N)cc(NCCc2noc(C)n2)n1. The predicted octanol–water partition coefficient (Wildman–Crippen LogP) is 0.941. The fourth-order valence-corrected chi connectivity index (χ4v) is 1.61. The van der Waals surface area contributed by atoms with Crippen molar-refractivity contribution in [1.82, 2.24) is 20.1 Å². The highest BCUT2D eigenvalue weighted by molar-refractivity contribution is 5.44. The van der Waals surface area contributed by atoms with Gasteiger partial charge in [-0.25, -0.2) is 9.97 Å². The van der Waals surface area contributed by atoms with Gasteiger partial charge in [-0.05, 0) is 6.92 Å². The Hall–Kier alpha value is -2.22. The van der Waals surface area contributed by atoms with Crippen LogP contribution in [0.1, 0.15) is 24.5 Å². The van der Waals surface area contributed by atoms with Gasteiger partial charge in [-0.2, -0.15) is 4.98 Å². The van der Waals surface area contributed by atoms with Crippen molar-refractivity contribution in [3.8, 4) is 0 Å². The normalized spacial score (nSPS) is 10.7. The number of aromatic nitrogens is 4. The van der Waals surface area contributed by atoms with Gasteiger partial charge in [0.2, 0.25) is 5.89 Å². The van der Waals surface area contributed by atoms with Crippen molar-refractivity contribution in [2.45, 2.75) is 26.9 Å². The summed E-state index contributed by atoms with van der Waals surface area (Å²) < 4.78 is 10.2. The summed E-state index contributed by atoms with van der Waals surface area (Å²) in [7, 11) is 0. The second-order valence-corrected chi connectivity index (χ2v) is 4.14. The Balaban J connectivity index is 1.89. The third-order valence-electron chi connectivity index (χ3n) is 2.45. The zero-order valence-corrected chi connectivity index (χ0v) is 11.6. The van der Waals surface area contributed by atoms with E-state index in [1.807, 2.05) is 6.92 Å². The lowest BCUT2D eigenvalue weighted by Crippen LogP contribution is -2.10. The first-order valence-corrected chi connectivity index (χ1v) is 6.41. The molecule has 0 aliphatic carbocycles. The second-order valence-electron chi connectivity index (χ2n) is 4.14. The zero-order chi connectivity index (χ0) is 14.4. The number of nitrogens with two attached hydrogens (primary N) is 1. The molecule has 108 valence electrons. The molecule has 0 spiro atoms. The number of ether oxygens (including phenoxy) is 1. The van der Waals surface area contributed by atoms with Gasteiger partial charge in [0, 0.05) is 32.6 Å². The quantitative estimate of drug-likeness (QED) is 0.769. The van der Waals surface area contributed by atoms with Crippen molar-refractivity contribution < 1.29 is 9.26 Å². The van der Waals surface area contributed by atoms with Gasteiger partial charge in [0.1, 0.15) is 18.2 Å². The first-order valence-electron chi connectivity index (χ1n) is 6.41. The lowest BCUT2D eigenvalue weighted by molar-refractivity contribution is 0.128. The van der Waals surface area contributed by atoms with Gasteiger partial charge in [0.05, 0.1) is 0 Å². The zero-order valence-electron chi connectivity index (χ0n) is 11.6. The van der Waals surface area contributed by atoms with Crippen molar-refractivity contribution in [1.29, 1.82) is 0 Å². The summed E-state index contributed by atoms with van der Waals surface area (Å²) >= 11 is 0. The van der Waals surface area contributed by atoms with Crippen LogP contribution in [0.3, 0.4) is 0 Å². The van der Waals surface area contributed by atoms with Gasteiger partial charge in [-0.3, -0.25) is 0 Å². The topological polar surface area (TPSA) is 112 Å². The van der Waals surface area contributed by atoms with Crippen LogP contribution in [0.2, 0.25) is 0 Å². The maximum atomic E-state index is 5.73. The molecule has 2 aromatic heterocycles. The largest absolute Gasteiger partial charge is 0.384 e. The van der Waals surface area contributed by atoms with E-state index in [-0.39, 0.29) is 0 Å². The number of nitrogen functional groups attached to an aromatic ring is 1. The van der Waals surface area contributed by atoms with E-state index in [4.69, 9.17) is 15.0 Å². The number of nitrogens with one attached hydrogen (secondary N) is 1. The Bertz CT molecular complexity index is 557. The molecule has 2 heterocycles. The van der Waals surface area contributed by atoms with Gasteiger partial charge < -0.3 is 20.3 Å². The van der Waals surface area contributed by atoms with Crippen LogP contribution in [-0.4, -0.2) is 33.3 Å². The third kappa shape index (κ3) is 4.16. The van der Waals surface area contributed by atoms with E-state index < -0.39 is 0 Å². The van der Waals surface area contributed by atoms with E-state index in [0.717, 1.165) is 0 Å². The average molecular weight is 278 g/mol. The van der Waals surface area contributed by atoms with Crippen LogP contribution in [-0.2, 0) is 17.8 Å². The maximum absolute atomic E-state index is 5.73. The van der Waals surface area contributed by atoms with Crippen molar-refractivity contribution >= 4 is 11.6 Å². The van der Waals surface area contributed by atoms with E-state index >= 15 is 0 Å². The summed E-state index contributed by atoms with van der Waals surface area (Å²) in [5, 5.41) is 6.97. The summed E-state index contributed by atoms with van der Waals surface area (Å²) in [5.41, 5.74) is 5.73. The minimum Gasteiger partial charge on any atom is -0.384 e. The molecule has 0 radical (unpaired) electrons. The Kier molecular flexibility index (Phi) is 4.83. The fraction of sp³-hybridized carbons (Fsp3) is 0.500. The number of nitrogens with zero attached hydrogens (tertiary/aromatic N) is 4. The van der Waals surface area contributed by atoms with Gasteiger partial charge >= 0.3 is 0 Å². The van der Waals surface area contributed by atoms with Crippen molar-refractivity contribution in [3.63, 3.8) is 0 Å². The molecular formula is C12H18N6O2. The minimum absolute atomic E-state index is 0.347. The van der Waals surface area contributed by atoms with Crippen LogP contribution in [0.4, 0.5) is 11.6 Å². The number of rotatable bonds is 7. The van der Waals surface area contributed by atoms with Crippen LogP contribution >= 0.6 is 0 Å². The molecule has 0 bridgehead atoms. The highest BCUT2D eigenvalue weighted by Gasteiger charge is 2.05. The molecule has 0 aromatic carbocycles. The fourth-order valence-electron chi connectivity index (χ4n) is 1.61. The van der Waals surface area contributed by atoms with Gasteiger partial charge in [-0.15, -0.1) is 0 Å². The van der Waals surface area contributed by atoms with Crippen molar-refractivity contribution in [3.05, 3.63) is 23.6 Å². The molecular weight excluding hydrogens is 260 g/mol. The summed E-state index contributed by atoms with van der Waals surface area (Å²) in [6, 6.07) is 1.68. The molecule has 2 aromatic rings. The minimum atomic E-state index is 0.347. The molecule has 8 nitrogen and oxygen atoms in total. The molecule has 0 atom stereocenters. The number of hydrogen-bond acceptors (Lipinski definition) is 8. The smallest absolute Gasteiger partial charge is 0.223 e. The molecule has 8 heteroatoms. The summed E-state index contributed by atoms with van der Waals surface area (Å²) in [6.07, 6.45) is 0.641. The van der Waals surface area contributed by atoms with E-state index in [1.54, 1.807) is 13.0 Å². The van der Waals surface area contributed by atoms with Gasteiger partial charge in [0.25, 0.3) is 0 Å². The van der Waals surface area contributed by atoms with E-state index in [2.05, 4.69) is 25.4 Å². The van der Waals surface area contributed by atoms with Crippen molar-refractivity contribution in [2.75, 3.05) is 24.2 Å². The average Bonchev–Trinajstić information content (AvgIpc) is 2.81. The second kappa shape index (κ2) is 6.80. The lowest BCUT2D eigenvalue weighted by Gasteiger charge is -2.07. The van der Waals surface area contributed by atoms with Crippen LogP contribution in [0.5, 0.6) is 0 Å². The van der Waals surface area contributed by atoms with Gasteiger partial charge in [-0.1, -0.05) is 5.16 Å². The Labute approximate surface area is 116 Å². The summed E-state index contributed by atoms with van der Waals surface area (Å²) in [5.74, 6) is 2.85. The number of anilines is 2. The number of aryl methyl sites for hydroxylation is 1. The third-order valence-corrected chi connectivity index (χ3v) is 2.45. The van der Waals surface area contributed by atoms with Crippen LogP contribution in [0.25, 0.3) is 0 Å². The van der Waals surface area contributed by atoms with Crippen molar-refractivity contribution in [2.24, 2.45) is 0 Å². The molecule has 0 unspecified atom stereocenters. The molecule has 0 fully saturated rings. The maximum Gasteiger partial charge on any atom is 0.223 e. The molecule has 0 saturated heterocycles. The predicted molar refractivity (Wildman–Crippen MR) is 73.0 cm³/mol. The summed E-state index contributed by atoms with van der Waals surface area (Å²) in [4.78, 5) is 12.5. The van der Waals surface area contributed by atoms with Crippen LogP contribution in [0, 0.1) is 6.92 Å². The van der Waals surface area contributed by atoms with E-state index in [1.165, 1.54) is 0 Å². The Morgan fingerprint density at radius 2 is 2.15 bits per heavy atom. The highest BCUT2D eigenvalue weighted by Crippen LogP contribution is 2.09. The first-order chi connectivity index (χ1) is 9.67. The standard InChI is InChI=1S/C12H18N6O2/c1-3-19-7-12-16-9(13)6-11(17-12)14-5-4-10-15-8(2)20-18-10/h6H,3-5,7H2,1-2H3,(H3,13,14,16,17). The molecule has 0 aliphatic rings. The monoisotopic (exact) mass is 278 g/mol. The van der Waals surface area contributed by atoms with E-state index in [0.29, 0.717) is 55.4 Å². The van der Waals surface area contributed by atoms with Gasteiger partial charge in [0.15, 0.2) is 11.6 Å². The molecule has 0 amide bonds. The molecule has 20 heavy (non-hydrogen) atoms.